The predicted molar refractivity (Wildman–Crippen MR) is 89.4 cm³/mol. The molecule has 1 saturated heterocycles. The van der Waals surface area contributed by atoms with Crippen molar-refractivity contribution in [2.24, 2.45) is 0 Å². The van der Waals surface area contributed by atoms with Crippen molar-refractivity contribution in [1.29, 1.82) is 0 Å². The summed E-state index contributed by atoms with van der Waals surface area (Å²) in [4.78, 5) is 2.30. The van der Waals surface area contributed by atoms with Crippen LogP contribution in [0.1, 0.15) is 17.2 Å². The molecule has 0 spiro atoms. The maximum absolute atomic E-state index is 10.9. The van der Waals surface area contributed by atoms with E-state index in [1.54, 1.807) is 24.3 Å². The van der Waals surface area contributed by atoms with Crippen LogP contribution in [0.3, 0.4) is 0 Å². The summed E-state index contributed by atoms with van der Waals surface area (Å²) >= 11 is 0. The quantitative estimate of drug-likeness (QED) is 0.890. The van der Waals surface area contributed by atoms with Crippen molar-refractivity contribution < 1.29 is 14.9 Å². The molecule has 0 saturated carbocycles. The number of aliphatic hydroxyl groups is 1. The first kappa shape index (κ1) is 16.0. The molecule has 3 rings (SSSR count). The number of rotatable bonds is 5. The highest BCUT2D eigenvalue weighted by Crippen LogP contribution is 2.26. The highest BCUT2D eigenvalue weighted by molar-refractivity contribution is 5.28. The Labute approximate surface area is 136 Å². The maximum Gasteiger partial charge on any atom is 0.115 e. The van der Waals surface area contributed by atoms with Gasteiger partial charge in [0.2, 0.25) is 0 Å². The fraction of sp³-hybridized carbons (Fsp3) is 0.368. The number of morpholine rings is 1. The van der Waals surface area contributed by atoms with E-state index < -0.39 is 6.10 Å². The molecular formula is C19H23NO3. The van der Waals surface area contributed by atoms with Crippen LogP contribution in [0.4, 0.5) is 0 Å². The lowest BCUT2D eigenvalue weighted by Crippen LogP contribution is -2.47. The number of aliphatic hydroxyl groups excluding tert-OH is 1. The summed E-state index contributed by atoms with van der Waals surface area (Å²) in [5.41, 5.74) is 2.04. The number of ether oxygens (including phenoxy) is 1. The van der Waals surface area contributed by atoms with Gasteiger partial charge in [-0.15, -0.1) is 0 Å². The molecular weight excluding hydrogens is 290 g/mol. The van der Waals surface area contributed by atoms with Crippen molar-refractivity contribution in [3.63, 3.8) is 0 Å². The first-order valence-electron chi connectivity index (χ1n) is 8.07. The van der Waals surface area contributed by atoms with Crippen molar-refractivity contribution in [3.05, 3.63) is 65.7 Å². The Bertz CT molecular complexity index is 594. The summed E-state index contributed by atoms with van der Waals surface area (Å²) < 4.78 is 5.44. The number of aromatic hydroxyl groups is 1. The molecule has 2 aromatic rings. The molecule has 2 unspecified atom stereocenters. The van der Waals surface area contributed by atoms with Gasteiger partial charge in [-0.2, -0.15) is 0 Å². The second-order valence-corrected chi connectivity index (χ2v) is 5.94. The molecule has 23 heavy (non-hydrogen) atoms. The summed E-state index contributed by atoms with van der Waals surface area (Å²) in [6.45, 7) is 3.06. The minimum Gasteiger partial charge on any atom is -0.508 e. The smallest absolute Gasteiger partial charge is 0.115 e. The van der Waals surface area contributed by atoms with Crippen LogP contribution in [-0.4, -0.2) is 47.5 Å². The highest BCUT2D eigenvalue weighted by atomic mass is 16.5. The molecule has 4 nitrogen and oxygen atoms in total. The molecule has 4 heteroatoms. The SMILES string of the molecule is Oc1ccc(C(O)C(Cc2ccccc2)N2CCOCC2)cc1. The van der Waals surface area contributed by atoms with Gasteiger partial charge in [0, 0.05) is 19.1 Å². The van der Waals surface area contributed by atoms with Gasteiger partial charge in [-0.1, -0.05) is 42.5 Å². The first-order chi connectivity index (χ1) is 11.2. The topological polar surface area (TPSA) is 52.9 Å². The number of hydrogen-bond acceptors (Lipinski definition) is 4. The van der Waals surface area contributed by atoms with Crippen molar-refractivity contribution >= 4 is 0 Å². The van der Waals surface area contributed by atoms with E-state index >= 15 is 0 Å². The van der Waals surface area contributed by atoms with Crippen LogP contribution in [0, 0.1) is 0 Å². The lowest BCUT2D eigenvalue weighted by atomic mass is 9.94. The lowest BCUT2D eigenvalue weighted by Gasteiger charge is -2.37. The van der Waals surface area contributed by atoms with E-state index in [-0.39, 0.29) is 11.8 Å². The Hall–Kier alpha value is -1.88. The second kappa shape index (κ2) is 7.59. The van der Waals surface area contributed by atoms with Gasteiger partial charge in [0.05, 0.1) is 19.3 Å². The molecule has 2 atom stereocenters. The van der Waals surface area contributed by atoms with E-state index in [9.17, 15) is 10.2 Å². The van der Waals surface area contributed by atoms with E-state index in [4.69, 9.17) is 4.74 Å². The van der Waals surface area contributed by atoms with E-state index in [1.807, 2.05) is 18.2 Å². The average Bonchev–Trinajstić information content (AvgIpc) is 2.61. The molecule has 0 radical (unpaired) electrons. The van der Waals surface area contributed by atoms with Gasteiger partial charge in [0.15, 0.2) is 0 Å². The van der Waals surface area contributed by atoms with Gasteiger partial charge in [-0.25, -0.2) is 0 Å². The molecule has 1 fully saturated rings. The van der Waals surface area contributed by atoms with Gasteiger partial charge >= 0.3 is 0 Å². The summed E-state index contributed by atoms with van der Waals surface area (Å²) in [6.07, 6.45) is 0.178. The summed E-state index contributed by atoms with van der Waals surface area (Å²) in [6, 6.07) is 17.1. The zero-order valence-electron chi connectivity index (χ0n) is 13.1. The fourth-order valence-electron chi connectivity index (χ4n) is 3.10. The third kappa shape index (κ3) is 4.10. The maximum atomic E-state index is 10.9. The molecule has 1 heterocycles. The molecule has 0 aromatic heterocycles. The first-order valence-corrected chi connectivity index (χ1v) is 8.07. The fourth-order valence-corrected chi connectivity index (χ4v) is 3.10. The average molecular weight is 313 g/mol. The van der Waals surface area contributed by atoms with Gasteiger partial charge < -0.3 is 14.9 Å². The van der Waals surface area contributed by atoms with Gasteiger partial charge in [0.25, 0.3) is 0 Å². The van der Waals surface area contributed by atoms with Gasteiger partial charge in [-0.3, -0.25) is 4.90 Å². The zero-order valence-corrected chi connectivity index (χ0v) is 13.1. The number of hydrogen-bond donors (Lipinski definition) is 2. The highest BCUT2D eigenvalue weighted by Gasteiger charge is 2.28. The standard InChI is InChI=1S/C19H23NO3/c21-17-8-6-16(7-9-17)19(22)18(20-10-12-23-13-11-20)14-15-4-2-1-3-5-15/h1-9,18-19,21-22H,10-14H2. The van der Waals surface area contributed by atoms with Crippen molar-refractivity contribution in [1.82, 2.24) is 4.90 Å². The Kier molecular flexibility index (Phi) is 5.28. The number of benzene rings is 2. The van der Waals surface area contributed by atoms with Gasteiger partial charge in [-0.05, 0) is 29.7 Å². The van der Waals surface area contributed by atoms with Crippen molar-refractivity contribution in [3.8, 4) is 5.75 Å². The number of phenols is 1. The third-order valence-electron chi connectivity index (χ3n) is 4.40. The molecule has 2 aromatic carbocycles. The Morgan fingerprint density at radius 2 is 1.61 bits per heavy atom. The minimum atomic E-state index is -0.603. The van der Waals surface area contributed by atoms with Crippen LogP contribution in [0.15, 0.2) is 54.6 Å². The van der Waals surface area contributed by atoms with E-state index in [2.05, 4.69) is 17.0 Å². The lowest BCUT2D eigenvalue weighted by molar-refractivity contribution is -0.0224. The van der Waals surface area contributed by atoms with E-state index in [1.165, 1.54) is 5.56 Å². The normalized spacial score (nSPS) is 18.5. The molecule has 122 valence electrons. The molecule has 2 N–H and O–H groups in total. The molecule has 0 aliphatic carbocycles. The Balaban J connectivity index is 1.82. The number of phenolic OH excluding ortho intramolecular Hbond substituents is 1. The summed E-state index contributed by atoms with van der Waals surface area (Å²) in [5.74, 6) is 0.215. The van der Waals surface area contributed by atoms with Crippen LogP contribution < -0.4 is 0 Å². The zero-order chi connectivity index (χ0) is 16.1. The molecule has 0 amide bonds. The minimum absolute atomic E-state index is 0.00848. The van der Waals surface area contributed by atoms with Crippen molar-refractivity contribution in [2.45, 2.75) is 18.6 Å². The summed E-state index contributed by atoms with van der Waals surface area (Å²) in [5, 5.41) is 20.4. The van der Waals surface area contributed by atoms with Crippen LogP contribution in [0.5, 0.6) is 5.75 Å². The molecule has 0 bridgehead atoms. The molecule has 1 aliphatic rings. The van der Waals surface area contributed by atoms with E-state index in [0.29, 0.717) is 13.2 Å². The summed E-state index contributed by atoms with van der Waals surface area (Å²) in [7, 11) is 0. The molecule has 1 aliphatic heterocycles. The van der Waals surface area contributed by atoms with E-state index in [0.717, 1.165) is 25.1 Å². The monoisotopic (exact) mass is 313 g/mol. The Morgan fingerprint density at radius 1 is 0.957 bits per heavy atom. The predicted octanol–water partition coefficient (Wildman–Crippen LogP) is 2.37. The van der Waals surface area contributed by atoms with Crippen LogP contribution in [0.2, 0.25) is 0 Å². The third-order valence-corrected chi connectivity index (χ3v) is 4.40. The Morgan fingerprint density at radius 3 is 2.26 bits per heavy atom. The van der Waals surface area contributed by atoms with Crippen LogP contribution in [-0.2, 0) is 11.2 Å². The van der Waals surface area contributed by atoms with Gasteiger partial charge in [0.1, 0.15) is 5.75 Å². The number of nitrogens with zero attached hydrogens (tertiary/aromatic N) is 1. The second-order valence-electron chi connectivity index (χ2n) is 5.94. The van der Waals surface area contributed by atoms with Crippen LogP contribution in [0.25, 0.3) is 0 Å². The van der Waals surface area contributed by atoms with Crippen LogP contribution >= 0.6 is 0 Å². The largest absolute Gasteiger partial charge is 0.508 e. The van der Waals surface area contributed by atoms with Crippen molar-refractivity contribution in [2.75, 3.05) is 26.3 Å².